The maximum Gasteiger partial charge on any atom is 0.342 e. The van der Waals surface area contributed by atoms with Crippen molar-refractivity contribution in [3.8, 4) is 0 Å². The minimum Gasteiger partial charge on any atom is -0.452 e. The molecule has 0 saturated carbocycles. The van der Waals surface area contributed by atoms with E-state index in [0.29, 0.717) is 16.3 Å². The average molecular weight is 336 g/mol. The lowest BCUT2D eigenvalue weighted by atomic mass is 10.1. The minimum absolute atomic E-state index is 0.142. The Hall–Kier alpha value is -2.60. The number of ether oxygens (including phenoxy) is 1. The Bertz CT molecular complexity index is 769. The highest BCUT2D eigenvalue weighted by Crippen LogP contribution is 2.14. The Morgan fingerprint density at radius 3 is 2.48 bits per heavy atom. The van der Waals surface area contributed by atoms with E-state index >= 15 is 0 Å². The molecule has 0 fully saturated rings. The number of amides is 1. The molecule has 1 heterocycles. The predicted octanol–water partition coefficient (Wildman–Crippen LogP) is 2.71. The molecule has 2 rings (SSSR count). The SMILES string of the molecule is Cc1cc(=O)oc(C)c1C(=O)OCC(=O)Nc1ccc(Cl)cc1. The van der Waals surface area contributed by atoms with Crippen molar-refractivity contribution in [3.05, 3.63) is 62.7 Å². The molecule has 0 saturated heterocycles. The molecular formula is C16H14ClNO5. The first-order valence-corrected chi connectivity index (χ1v) is 7.08. The van der Waals surface area contributed by atoms with Gasteiger partial charge >= 0.3 is 11.6 Å². The monoisotopic (exact) mass is 335 g/mol. The first-order chi connectivity index (χ1) is 10.9. The molecule has 0 bridgehead atoms. The normalized spacial score (nSPS) is 10.2. The van der Waals surface area contributed by atoms with E-state index < -0.39 is 24.1 Å². The maximum atomic E-state index is 12.0. The lowest BCUT2D eigenvalue weighted by Gasteiger charge is -2.09. The number of benzene rings is 1. The summed E-state index contributed by atoms with van der Waals surface area (Å²) in [5.74, 6) is -1.07. The molecule has 0 aliphatic rings. The smallest absolute Gasteiger partial charge is 0.342 e. The summed E-state index contributed by atoms with van der Waals surface area (Å²) in [4.78, 5) is 35.0. The summed E-state index contributed by atoms with van der Waals surface area (Å²) >= 11 is 5.75. The maximum absolute atomic E-state index is 12.0. The van der Waals surface area contributed by atoms with Gasteiger partial charge in [0.1, 0.15) is 11.3 Å². The molecule has 0 aliphatic carbocycles. The van der Waals surface area contributed by atoms with Crippen LogP contribution in [0.1, 0.15) is 21.7 Å². The topological polar surface area (TPSA) is 85.6 Å². The van der Waals surface area contributed by atoms with Crippen molar-refractivity contribution in [1.82, 2.24) is 0 Å². The third-order valence-electron chi connectivity index (χ3n) is 3.00. The molecule has 1 N–H and O–H groups in total. The second-order valence-corrected chi connectivity index (χ2v) is 5.25. The largest absolute Gasteiger partial charge is 0.452 e. The fraction of sp³-hybridized carbons (Fsp3) is 0.188. The fourth-order valence-corrected chi connectivity index (χ4v) is 2.12. The van der Waals surface area contributed by atoms with E-state index in [1.165, 1.54) is 13.0 Å². The third-order valence-corrected chi connectivity index (χ3v) is 3.25. The van der Waals surface area contributed by atoms with Crippen LogP contribution in [-0.2, 0) is 9.53 Å². The number of carbonyl (C=O) groups is 2. The molecule has 0 atom stereocenters. The van der Waals surface area contributed by atoms with E-state index in [2.05, 4.69) is 5.32 Å². The lowest BCUT2D eigenvalue weighted by molar-refractivity contribution is -0.119. The quantitative estimate of drug-likeness (QED) is 0.868. The number of nitrogens with one attached hydrogen (secondary N) is 1. The highest BCUT2D eigenvalue weighted by atomic mass is 35.5. The average Bonchev–Trinajstić information content (AvgIpc) is 2.46. The number of rotatable bonds is 4. The summed E-state index contributed by atoms with van der Waals surface area (Å²) in [6.07, 6.45) is 0. The molecule has 1 amide bonds. The van der Waals surface area contributed by atoms with Gasteiger partial charge in [-0.3, -0.25) is 4.79 Å². The van der Waals surface area contributed by atoms with Gasteiger partial charge in [-0.1, -0.05) is 11.6 Å². The molecule has 23 heavy (non-hydrogen) atoms. The van der Waals surface area contributed by atoms with Gasteiger partial charge in [0.2, 0.25) is 0 Å². The molecule has 1 aromatic heterocycles. The van der Waals surface area contributed by atoms with E-state index in [4.69, 9.17) is 20.8 Å². The molecule has 6 nitrogen and oxygen atoms in total. The Morgan fingerprint density at radius 1 is 1.22 bits per heavy atom. The highest BCUT2D eigenvalue weighted by molar-refractivity contribution is 6.30. The van der Waals surface area contributed by atoms with Crippen LogP contribution in [0, 0.1) is 13.8 Å². The number of esters is 1. The summed E-state index contributed by atoms with van der Waals surface area (Å²) in [7, 11) is 0. The van der Waals surface area contributed by atoms with Crippen LogP contribution in [0.5, 0.6) is 0 Å². The zero-order chi connectivity index (χ0) is 17.0. The van der Waals surface area contributed by atoms with Gasteiger partial charge in [-0.05, 0) is 43.7 Å². The molecule has 0 spiro atoms. The van der Waals surface area contributed by atoms with E-state index in [1.54, 1.807) is 31.2 Å². The van der Waals surface area contributed by atoms with Crippen molar-refractivity contribution in [2.45, 2.75) is 13.8 Å². The second-order valence-electron chi connectivity index (χ2n) is 4.81. The number of hydrogen-bond donors (Lipinski definition) is 1. The molecule has 2 aromatic rings. The molecule has 0 radical (unpaired) electrons. The van der Waals surface area contributed by atoms with Gasteiger partial charge in [-0.15, -0.1) is 0 Å². The Balaban J connectivity index is 1.98. The summed E-state index contributed by atoms with van der Waals surface area (Å²) in [5, 5.41) is 3.11. The minimum atomic E-state index is -0.727. The van der Waals surface area contributed by atoms with Crippen molar-refractivity contribution in [1.29, 1.82) is 0 Å². The van der Waals surface area contributed by atoms with Crippen LogP contribution in [0.15, 0.2) is 39.5 Å². The highest BCUT2D eigenvalue weighted by Gasteiger charge is 2.18. The van der Waals surface area contributed by atoms with Crippen molar-refractivity contribution >= 4 is 29.2 Å². The number of hydrogen-bond acceptors (Lipinski definition) is 5. The lowest BCUT2D eigenvalue weighted by Crippen LogP contribution is -2.22. The first kappa shape index (κ1) is 16.8. The van der Waals surface area contributed by atoms with Crippen LogP contribution in [-0.4, -0.2) is 18.5 Å². The summed E-state index contributed by atoms with van der Waals surface area (Å²) in [6, 6.07) is 7.70. The van der Waals surface area contributed by atoms with Crippen LogP contribution in [0.3, 0.4) is 0 Å². The molecule has 0 unspecified atom stereocenters. The number of carbonyl (C=O) groups excluding carboxylic acids is 2. The molecular weight excluding hydrogens is 322 g/mol. The molecule has 0 aliphatic heterocycles. The van der Waals surface area contributed by atoms with E-state index in [1.807, 2.05) is 0 Å². The van der Waals surface area contributed by atoms with Crippen molar-refractivity contribution in [3.63, 3.8) is 0 Å². The van der Waals surface area contributed by atoms with Crippen LogP contribution >= 0.6 is 11.6 Å². The van der Waals surface area contributed by atoms with Gasteiger partial charge in [-0.2, -0.15) is 0 Å². The Labute approximate surface area is 137 Å². The standard InChI is InChI=1S/C16H14ClNO5/c1-9-7-14(20)23-10(2)15(9)16(21)22-8-13(19)18-12-5-3-11(17)4-6-12/h3-7H,8H2,1-2H3,(H,18,19). The van der Waals surface area contributed by atoms with Crippen molar-refractivity contribution in [2.75, 3.05) is 11.9 Å². The van der Waals surface area contributed by atoms with Crippen LogP contribution in [0.2, 0.25) is 5.02 Å². The zero-order valence-corrected chi connectivity index (χ0v) is 13.3. The molecule has 7 heteroatoms. The Morgan fingerprint density at radius 2 is 1.87 bits per heavy atom. The van der Waals surface area contributed by atoms with Gasteiger partial charge in [0.25, 0.3) is 5.91 Å². The fourth-order valence-electron chi connectivity index (χ4n) is 2.00. The Kier molecular flexibility index (Phi) is 5.18. The number of halogens is 1. The van der Waals surface area contributed by atoms with Gasteiger partial charge in [-0.25, -0.2) is 9.59 Å². The van der Waals surface area contributed by atoms with Crippen LogP contribution < -0.4 is 10.9 Å². The summed E-state index contributed by atoms with van der Waals surface area (Å²) < 4.78 is 9.80. The summed E-state index contributed by atoms with van der Waals surface area (Å²) in [6.45, 7) is 2.62. The molecule has 120 valence electrons. The second kappa shape index (κ2) is 7.11. The predicted molar refractivity (Wildman–Crippen MR) is 84.8 cm³/mol. The molecule has 1 aromatic carbocycles. The van der Waals surface area contributed by atoms with E-state index in [0.717, 1.165) is 0 Å². The third kappa shape index (κ3) is 4.43. The number of aryl methyl sites for hydroxylation is 2. The first-order valence-electron chi connectivity index (χ1n) is 6.70. The van der Waals surface area contributed by atoms with Crippen molar-refractivity contribution < 1.29 is 18.7 Å². The van der Waals surface area contributed by atoms with Crippen molar-refractivity contribution in [2.24, 2.45) is 0 Å². The van der Waals surface area contributed by atoms with Gasteiger partial charge in [0, 0.05) is 16.8 Å². The van der Waals surface area contributed by atoms with Gasteiger partial charge in [0.15, 0.2) is 6.61 Å². The summed E-state index contributed by atoms with van der Waals surface area (Å²) in [5.41, 5.74) is 0.566. The van der Waals surface area contributed by atoms with Gasteiger partial charge < -0.3 is 14.5 Å². The van der Waals surface area contributed by atoms with E-state index in [-0.39, 0.29) is 11.3 Å². The van der Waals surface area contributed by atoms with E-state index in [9.17, 15) is 14.4 Å². The van der Waals surface area contributed by atoms with Gasteiger partial charge in [0.05, 0.1) is 0 Å². The van der Waals surface area contributed by atoms with Crippen LogP contribution in [0.25, 0.3) is 0 Å². The zero-order valence-electron chi connectivity index (χ0n) is 12.5. The van der Waals surface area contributed by atoms with Crippen LogP contribution in [0.4, 0.5) is 5.69 Å². The number of anilines is 1.